The van der Waals surface area contributed by atoms with Crippen molar-refractivity contribution in [2.24, 2.45) is 0 Å². The Morgan fingerprint density at radius 1 is 1.78 bits per heavy atom. The highest BCUT2D eigenvalue weighted by Gasteiger charge is 1.94. The van der Waals surface area contributed by atoms with Crippen molar-refractivity contribution in [3.8, 4) is 0 Å². The van der Waals surface area contributed by atoms with Gasteiger partial charge in [0.1, 0.15) is 6.20 Å². The fourth-order valence-electron chi connectivity index (χ4n) is 0.522. The van der Waals surface area contributed by atoms with Crippen LogP contribution in [0.15, 0.2) is 18.3 Å². The van der Waals surface area contributed by atoms with Crippen LogP contribution < -0.4 is 0 Å². The quantitative estimate of drug-likeness (QED) is 0.519. The second-order valence-electron chi connectivity index (χ2n) is 1.72. The van der Waals surface area contributed by atoms with E-state index in [-0.39, 0.29) is 5.78 Å². The largest absolute Gasteiger partial charge is 0.294 e. The van der Waals surface area contributed by atoms with Gasteiger partial charge in [0.25, 0.3) is 0 Å². The Kier molecular flexibility index (Phi) is 1.58. The Bertz CT molecular complexity index is 205. The second kappa shape index (κ2) is 2.40. The van der Waals surface area contributed by atoms with Gasteiger partial charge in [-0.1, -0.05) is 0 Å². The number of hydrogen-bond donors (Lipinski definition) is 0. The smallest absolute Gasteiger partial charge is 0.162 e. The molecule has 0 saturated carbocycles. The van der Waals surface area contributed by atoms with Gasteiger partial charge in [0.15, 0.2) is 5.78 Å². The van der Waals surface area contributed by atoms with E-state index in [0.29, 0.717) is 5.56 Å². The van der Waals surface area contributed by atoms with Gasteiger partial charge in [0.05, 0.1) is 0 Å². The number of carbonyl (C=O) groups is 1. The van der Waals surface area contributed by atoms with Gasteiger partial charge in [0.2, 0.25) is 0 Å². The maximum Gasteiger partial charge on any atom is 0.162 e. The molecule has 0 fully saturated rings. The number of hydrogen-bond acceptors (Lipinski definition) is 2. The third-order valence-corrected chi connectivity index (χ3v) is 0.988. The number of carbonyl (C=O) groups excluding carboxylic acids is 1. The molecule has 0 N–H and O–H groups in total. The van der Waals surface area contributed by atoms with Crippen LogP contribution >= 0.6 is 0 Å². The Balaban J connectivity index is 2.98. The molecule has 0 spiro atoms. The number of Topliss-reactive ketones (excluding diaryl/α,β-unsaturated/α-hetero) is 1. The van der Waals surface area contributed by atoms with E-state index in [1.165, 1.54) is 6.92 Å². The van der Waals surface area contributed by atoms with E-state index in [0.717, 1.165) is 0 Å². The molecule has 1 radical (unpaired) electrons. The standard InChI is InChI=1S/C7H6NO/c1-6(9)7-3-2-4-8-5-7/h2-4H,1H3. The molecule has 1 aromatic heterocycles. The number of ketones is 1. The highest BCUT2D eigenvalue weighted by Crippen LogP contribution is 1.93. The van der Waals surface area contributed by atoms with Gasteiger partial charge in [-0.25, -0.2) is 0 Å². The molecule has 1 aromatic rings. The van der Waals surface area contributed by atoms with Crippen molar-refractivity contribution in [1.29, 1.82) is 0 Å². The van der Waals surface area contributed by atoms with Crippen LogP contribution in [0.5, 0.6) is 0 Å². The van der Waals surface area contributed by atoms with Crippen LogP contribution in [0.25, 0.3) is 0 Å². The molecule has 2 nitrogen and oxygen atoms in total. The summed E-state index contributed by atoms with van der Waals surface area (Å²) in [6.07, 6.45) is 4.16. The van der Waals surface area contributed by atoms with Crippen LogP contribution in [-0.2, 0) is 0 Å². The molecule has 45 valence electrons. The number of pyridine rings is 1. The van der Waals surface area contributed by atoms with E-state index in [9.17, 15) is 4.79 Å². The van der Waals surface area contributed by atoms with E-state index in [1.807, 2.05) is 0 Å². The minimum absolute atomic E-state index is 0.00287. The minimum Gasteiger partial charge on any atom is -0.294 e. The summed E-state index contributed by atoms with van der Waals surface area (Å²) in [6.45, 7) is 1.49. The Morgan fingerprint density at radius 2 is 2.56 bits per heavy atom. The fraction of sp³-hybridized carbons (Fsp3) is 0.143. The lowest BCUT2D eigenvalue weighted by molar-refractivity contribution is 0.101. The topological polar surface area (TPSA) is 30.0 Å². The first kappa shape index (κ1) is 5.95. The summed E-state index contributed by atoms with van der Waals surface area (Å²) in [5.41, 5.74) is 0.539. The van der Waals surface area contributed by atoms with Crippen LogP contribution in [0.3, 0.4) is 0 Å². The van der Waals surface area contributed by atoms with E-state index in [1.54, 1.807) is 18.3 Å². The maximum atomic E-state index is 10.6. The van der Waals surface area contributed by atoms with Crippen LogP contribution in [0.1, 0.15) is 17.3 Å². The predicted octanol–water partition coefficient (Wildman–Crippen LogP) is 1.08. The SMILES string of the molecule is CC(=O)c1[c]nccc1. The van der Waals surface area contributed by atoms with Gasteiger partial charge in [-0.05, 0) is 19.1 Å². The normalized spacial score (nSPS) is 9.00. The van der Waals surface area contributed by atoms with Crippen molar-refractivity contribution in [2.45, 2.75) is 6.92 Å². The van der Waals surface area contributed by atoms with Gasteiger partial charge in [-0.3, -0.25) is 9.78 Å². The zero-order valence-corrected chi connectivity index (χ0v) is 5.09. The van der Waals surface area contributed by atoms with Gasteiger partial charge in [-0.2, -0.15) is 0 Å². The highest BCUT2D eigenvalue weighted by molar-refractivity contribution is 5.93. The number of rotatable bonds is 1. The molecule has 9 heavy (non-hydrogen) atoms. The summed E-state index contributed by atoms with van der Waals surface area (Å²) in [7, 11) is 0. The Morgan fingerprint density at radius 3 is 2.89 bits per heavy atom. The second-order valence-corrected chi connectivity index (χ2v) is 1.72. The number of nitrogens with zero attached hydrogens (tertiary/aromatic N) is 1. The molecule has 0 atom stereocenters. The lowest BCUT2D eigenvalue weighted by Gasteiger charge is -1.87. The molecule has 1 rings (SSSR count). The summed E-state index contributed by atoms with van der Waals surface area (Å²) in [5, 5.41) is 0. The number of aromatic nitrogens is 1. The van der Waals surface area contributed by atoms with E-state index in [2.05, 4.69) is 11.2 Å². The van der Waals surface area contributed by atoms with Gasteiger partial charge in [0, 0.05) is 11.8 Å². The first-order valence-electron chi connectivity index (χ1n) is 2.64. The monoisotopic (exact) mass is 120 g/mol. The third-order valence-electron chi connectivity index (χ3n) is 0.988. The van der Waals surface area contributed by atoms with Gasteiger partial charge >= 0.3 is 0 Å². The van der Waals surface area contributed by atoms with Crippen molar-refractivity contribution in [3.63, 3.8) is 0 Å². The molecule has 0 aliphatic carbocycles. The maximum absolute atomic E-state index is 10.6. The molecule has 0 amide bonds. The molecule has 1 heterocycles. The zero-order chi connectivity index (χ0) is 6.69. The van der Waals surface area contributed by atoms with Crippen molar-refractivity contribution in [2.75, 3.05) is 0 Å². The van der Waals surface area contributed by atoms with E-state index >= 15 is 0 Å². The predicted molar refractivity (Wildman–Crippen MR) is 33.1 cm³/mol. The third kappa shape index (κ3) is 1.35. The van der Waals surface area contributed by atoms with Crippen LogP contribution in [0, 0.1) is 6.20 Å². The Labute approximate surface area is 53.5 Å². The van der Waals surface area contributed by atoms with Gasteiger partial charge < -0.3 is 0 Å². The molecular formula is C7H6NO. The lowest BCUT2D eigenvalue weighted by atomic mass is 10.2. The lowest BCUT2D eigenvalue weighted by Crippen LogP contribution is -1.91. The van der Waals surface area contributed by atoms with Gasteiger partial charge in [-0.15, -0.1) is 0 Å². The summed E-state index contributed by atoms with van der Waals surface area (Å²) in [5.74, 6) is 0.00287. The molecule has 0 aliphatic heterocycles. The summed E-state index contributed by atoms with van der Waals surface area (Å²) < 4.78 is 0. The molecule has 0 aliphatic rings. The molecular weight excluding hydrogens is 114 g/mol. The molecule has 0 saturated heterocycles. The Hall–Kier alpha value is -1.18. The first-order chi connectivity index (χ1) is 4.30. The summed E-state index contributed by atoms with van der Waals surface area (Å²) >= 11 is 0. The van der Waals surface area contributed by atoms with Crippen LogP contribution in [-0.4, -0.2) is 10.8 Å². The van der Waals surface area contributed by atoms with Crippen molar-refractivity contribution in [3.05, 3.63) is 30.1 Å². The van der Waals surface area contributed by atoms with E-state index < -0.39 is 0 Å². The average molecular weight is 120 g/mol. The minimum atomic E-state index is 0.00287. The fourth-order valence-corrected chi connectivity index (χ4v) is 0.522. The average Bonchev–Trinajstić information content (AvgIpc) is 1.90. The summed E-state index contributed by atoms with van der Waals surface area (Å²) in [6, 6.07) is 3.41. The molecule has 2 heteroatoms. The highest BCUT2D eigenvalue weighted by atomic mass is 16.1. The van der Waals surface area contributed by atoms with Crippen molar-refractivity contribution in [1.82, 2.24) is 4.98 Å². The molecule has 0 unspecified atom stereocenters. The van der Waals surface area contributed by atoms with Crippen molar-refractivity contribution < 1.29 is 4.79 Å². The van der Waals surface area contributed by atoms with Crippen LogP contribution in [0.4, 0.5) is 0 Å². The van der Waals surface area contributed by atoms with Crippen LogP contribution in [0.2, 0.25) is 0 Å². The summed E-state index contributed by atoms with van der Waals surface area (Å²) in [4.78, 5) is 14.2. The van der Waals surface area contributed by atoms with E-state index in [4.69, 9.17) is 0 Å². The molecule has 0 aromatic carbocycles. The first-order valence-corrected chi connectivity index (χ1v) is 2.64. The zero-order valence-electron chi connectivity index (χ0n) is 5.09. The van der Waals surface area contributed by atoms with Crippen molar-refractivity contribution >= 4 is 5.78 Å². The molecule has 0 bridgehead atoms.